The Morgan fingerprint density at radius 3 is 2.78 bits per heavy atom. The van der Waals surface area contributed by atoms with Crippen LogP contribution in [0, 0.1) is 6.92 Å². The van der Waals surface area contributed by atoms with Crippen LogP contribution in [-0.4, -0.2) is 16.4 Å². The average Bonchev–Trinajstić information content (AvgIpc) is 2.78. The third-order valence-electron chi connectivity index (χ3n) is 3.02. The highest BCUT2D eigenvalue weighted by Crippen LogP contribution is 2.26. The summed E-state index contributed by atoms with van der Waals surface area (Å²) >= 11 is 0. The molecule has 0 amide bonds. The second-order valence-corrected chi connectivity index (χ2v) is 4.34. The molecule has 96 valence electrons. The molecule has 3 nitrogen and oxygen atoms in total. The summed E-state index contributed by atoms with van der Waals surface area (Å²) in [6, 6.07) is 8.21. The summed E-state index contributed by atoms with van der Waals surface area (Å²) in [6.45, 7) is 7.98. The lowest BCUT2D eigenvalue weighted by Gasteiger charge is -2.07. The van der Waals surface area contributed by atoms with E-state index in [0.717, 1.165) is 25.3 Å². The monoisotopic (exact) mass is 244 g/mol. The van der Waals surface area contributed by atoms with Gasteiger partial charge in [0, 0.05) is 17.8 Å². The minimum absolute atomic E-state index is 0.761. The molecular formula is C15H20N2O. The summed E-state index contributed by atoms with van der Waals surface area (Å²) in [5.74, 6) is 0.929. The highest BCUT2D eigenvalue weighted by atomic mass is 16.5. The van der Waals surface area contributed by atoms with Gasteiger partial charge in [0.05, 0.1) is 12.8 Å². The number of hydrogen-bond donors (Lipinski definition) is 0. The summed E-state index contributed by atoms with van der Waals surface area (Å²) in [5.41, 5.74) is 3.55. The van der Waals surface area contributed by atoms with E-state index in [0.29, 0.717) is 0 Å². The van der Waals surface area contributed by atoms with Crippen LogP contribution in [0.15, 0.2) is 30.5 Å². The van der Waals surface area contributed by atoms with Crippen molar-refractivity contribution in [1.29, 1.82) is 0 Å². The maximum Gasteiger partial charge on any atom is 0.119 e. The molecule has 2 rings (SSSR count). The Hall–Kier alpha value is -1.77. The molecule has 2 aromatic rings. The Bertz CT molecular complexity index is 517. The highest BCUT2D eigenvalue weighted by Gasteiger charge is 2.08. The van der Waals surface area contributed by atoms with E-state index in [1.807, 2.05) is 23.0 Å². The van der Waals surface area contributed by atoms with Gasteiger partial charge in [-0.05, 0) is 38.0 Å². The van der Waals surface area contributed by atoms with Crippen LogP contribution in [0.5, 0.6) is 5.75 Å². The van der Waals surface area contributed by atoms with Crippen molar-refractivity contribution >= 4 is 0 Å². The maximum atomic E-state index is 5.66. The largest absolute Gasteiger partial charge is 0.494 e. The lowest BCUT2D eigenvalue weighted by Crippen LogP contribution is -1.98. The first-order chi connectivity index (χ1) is 8.76. The normalized spacial score (nSPS) is 10.6. The van der Waals surface area contributed by atoms with Crippen molar-refractivity contribution < 1.29 is 4.74 Å². The minimum Gasteiger partial charge on any atom is -0.494 e. The summed E-state index contributed by atoms with van der Waals surface area (Å²) in [6.07, 6.45) is 2.95. The molecule has 0 aliphatic rings. The number of aromatic nitrogens is 2. The number of ether oxygens (including phenoxy) is 1. The maximum absolute atomic E-state index is 5.66. The molecule has 0 aliphatic carbocycles. The third kappa shape index (κ3) is 2.55. The fourth-order valence-corrected chi connectivity index (χ4v) is 2.02. The van der Waals surface area contributed by atoms with Crippen molar-refractivity contribution in [3.63, 3.8) is 0 Å². The molecule has 0 aliphatic heterocycles. The van der Waals surface area contributed by atoms with Gasteiger partial charge in [0.15, 0.2) is 0 Å². The Balaban J connectivity index is 2.29. The van der Waals surface area contributed by atoms with E-state index < -0.39 is 0 Å². The molecule has 0 unspecified atom stereocenters. The predicted molar refractivity (Wildman–Crippen MR) is 73.9 cm³/mol. The van der Waals surface area contributed by atoms with E-state index in [9.17, 15) is 0 Å². The first kappa shape index (κ1) is 12.7. The number of aryl methyl sites for hydroxylation is 1. The molecule has 1 heterocycles. The van der Waals surface area contributed by atoms with Crippen LogP contribution in [-0.2, 0) is 6.54 Å². The average molecular weight is 244 g/mol. The van der Waals surface area contributed by atoms with Gasteiger partial charge in [0.2, 0.25) is 0 Å². The molecule has 0 N–H and O–H groups in total. The standard InChI is InChI=1S/C15H20N2O/c1-4-9-18-14-8-6-7-13(10-14)15-11-16-17(5-2)12(15)3/h6-8,10-11H,4-5,9H2,1-3H3. The molecule has 0 atom stereocenters. The van der Waals surface area contributed by atoms with Gasteiger partial charge in [0.1, 0.15) is 5.75 Å². The summed E-state index contributed by atoms with van der Waals surface area (Å²) in [4.78, 5) is 0. The van der Waals surface area contributed by atoms with Crippen LogP contribution in [0.25, 0.3) is 11.1 Å². The Kier molecular flexibility index (Phi) is 4.03. The number of hydrogen-bond acceptors (Lipinski definition) is 2. The second kappa shape index (κ2) is 5.71. The van der Waals surface area contributed by atoms with Gasteiger partial charge in [-0.3, -0.25) is 4.68 Å². The topological polar surface area (TPSA) is 27.1 Å². The van der Waals surface area contributed by atoms with Crippen LogP contribution in [0.1, 0.15) is 26.0 Å². The van der Waals surface area contributed by atoms with Crippen molar-refractivity contribution in [3.05, 3.63) is 36.2 Å². The zero-order valence-electron chi connectivity index (χ0n) is 11.3. The van der Waals surface area contributed by atoms with Crippen LogP contribution in [0.4, 0.5) is 0 Å². The van der Waals surface area contributed by atoms with Gasteiger partial charge in [-0.25, -0.2) is 0 Å². The molecule has 0 saturated heterocycles. The molecule has 0 spiro atoms. The Labute approximate surface area is 108 Å². The zero-order valence-corrected chi connectivity index (χ0v) is 11.3. The summed E-state index contributed by atoms with van der Waals surface area (Å²) in [7, 11) is 0. The van der Waals surface area contributed by atoms with Crippen molar-refractivity contribution in [1.82, 2.24) is 9.78 Å². The zero-order chi connectivity index (χ0) is 13.0. The SMILES string of the molecule is CCCOc1cccc(-c2cnn(CC)c2C)c1. The van der Waals surface area contributed by atoms with Crippen molar-refractivity contribution in [2.45, 2.75) is 33.7 Å². The Morgan fingerprint density at radius 1 is 1.28 bits per heavy atom. The molecule has 1 aromatic heterocycles. The number of rotatable bonds is 5. The molecule has 0 bridgehead atoms. The molecule has 0 radical (unpaired) electrons. The summed E-state index contributed by atoms with van der Waals surface area (Å²) < 4.78 is 7.67. The lowest BCUT2D eigenvalue weighted by molar-refractivity contribution is 0.317. The molecule has 3 heteroatoms. The van der Waals surface area contributed by atoms with Gasteiger partial charge >= 0.3 is 0 Å². The fraction of sp³-hybridized carbons (Fsp3) is 0.400. The van der Waals surface area contributed by atoms with Crippen molar-refractivity contribution in [3.8, 4) is 16.9 Å². The first-order valence-corrected chi connectivity index (χ1v) is 6.52. The van der Waals surface area contributed by atoms with Crippen LogP contribution in [0.3, 0.4) is 0 Å². The third-order valence-corrected chi connectivity index (χ3v) is 3.02. The molecular weight excluding hydrogens is 224 g/mol. The highest BCUT2D eigenvalue weighted by molar-refractivity contribution is 5.66. The number of nitrogens with zero attached hydrogens (tertiary/aromatic N) is 2. The van der Waals surface area contributed by atoms with Crippen molar-refractivity contribution in [2.75, 3.05) is 6.61 Å². The number of benzene rings is 1. The van der Waals surface area contributed by atoms with Crippen LogP contribution in [0.2, 0.25) is 0 Å². The fourth-order valence-electron chi connectivity index (χ4n) is 2.02. The molecule has 0 fully saturated rings. The van der Waals surface area contributed by atoms with E-state index in [2.05, 4.69) is 38.0 Å². The van der Waals surface area contributed by atoms with E-state index in [-0.39, 0.29) is 0 Å². The van der Waals surface area contributed by atoms with Crippen LogP contribution >= 0.6 is 0 Å². The lowest BCUT2D eigenvalue weighted by atomic mass is 10.1. The molecule has 0 saturated carbocycles. The van der Waals surface area contributed by atoms with E-state index in [1.165, 1.54) is 16.8 Å². The summed E-state index contributed by atoms with van der Waals surface area (Å²) in [5, 5.41) is 4.38. The van der Waals surface area contributed by atoms with Gasteiger partial charge in [-0.15, -0.1) is 0 Å². The van der Waals surface area contributed by atoms with Gasteiger partial charge in [-0.1, -0.05) is 19.1 Å². The predicted octanol–water partition coefficient (Wildman–Crippen LogP) is 3.67. The van der Waals surface area contributed by atoms with Crippen molar-refractivity contribution in [2.24, 2.45) is 0 Å². The Morgan fingerprint density at radius 2 is 2.11 bits per heavy atom. The van der Waals surface area contributed by atoms with E-state index in [4.69, 9.17) is 4.74 Å². The molecule has 1 aromatic carbocycles. The quantitative estimate of drug-likeness (QED) is 0.802. The van der Waals surface area contributed by atoms with Crippen LogP contribution < -0.4 is 4.74 Å². The van der Waals surface area contributed by atoms with E-state index in [1.54, 1.807) is 0 Å². The van der Waals surface area contributed by atoms with E-state index >= 15 is 0 Å². The smallest absolute Gasteiger partial charge is 0.119 e. The second-order valence-electron chi connectivity index (χ2n) is 4.34. The van der Waals surface area contributed by atoms with Gasteiger partial charge < -0.3 is 4.74 Å². The van der Waals surface area contributed by atoms with Gasteiger partial charge in [-0.2, -0.15) is 5.10 Å². The van der Waals surface area contributed by atoms with Gasteiger partial charge in [0.25, 0.3) is 0 Å². The minimum atomic E-state index is 0.761. The first-order valence-electron chi connectivity index (χ1n) is 6.52. The molecule has 18 heavy (non-hydrogen) atoms.